The van der Waals surface area contributed by atoms with Crippen LogP contribution in [0.4, 0.5) is 0 Å². The van der Waals surface area contributed by atoms with Crippen molar-refractivity contribution in [2.45, 2.75) is 38.7 Å². The Kier molecular flexibility index (Phi) is 2.83. The van der Waals surface area contributed by atoms with Crippen molar-refractivity contribution >= 4 is 0 Å². The van der Waals surface area contributed by atoms with Crippen LogP contribution in [0.25, 0.3) is 0 Å². The second-order valence-electron chi connectivity index (χ2n) is 5.73. The van der Waals surface area contributed by atoms with Crippen molar-refractivity contribution in [3.8, 4) is 5.75 Å². The Morgan fingerprint density at radius 2 is 1.76 bits per heavy atom. The predicted molar refractivity (Wildman–Crippen MR) is 69.4 cm³/mol. The molecule has 2 fully saturated rings. The molecule has 1 saturated carbocycles. The molecule has 0 radical (unpaired) electrons. The first-order chi connectivity index (χ1) is 8.26. The zero-order chi connectivity index (χ0) is 11.7. The molecule has 2 nitrogen and oxygen atoms in total. The Morgan fingerprint density at radius 3 is 2.29 bits per heavy atom. The standard InChI is InChI=1S/C15H21NO/c1-12-2-4-13(5-3-12)17-14-6-8-15(9-7-14)10-16-11-15/h2-5,14,16H,6-11H2,1H3. The zero-order valence-corrected chi connectivity index (χ0v) is 10.5. The predicted octanol–water partition coefficient (Wildman–Crippen LogP) is 2.91. The molecule has 1 aliphatic carbocycles. The Balaban J connectivity index is 1.55. The number of rotatable bonds is 2. The minimum atomic E-state index is 0.434. The average molecular weight is 231 g/mol. The molecule has 1 spiro atoms. The maximum Gasteiger partial charge on any atom is 0.119 e. The van der Waals surface area contributed by atoms with Gasteiger partial charge in [-0.25, -0.2) is 0 Å². The van der Waals surface area contributed by atoms with Gasteiger partial charge in [0.05, 0.1) is 6.10 Å². The van der Waals surface area contributed by atoms with E-state index in [9.17, 15) is 0 Å². The highest BCUT2D eigenvalue weighted by molar-refractivity contribution is 5.26. The summed E-state index contributed by atoms with van der Waals surface area (Å²) in [5, 5.41) is 3.40. The van der Waals surface area contributed by atoms with Gasteiger partial charge in [-0.15, -0.1) is 0 Å². The molecule has 0 unspecified atom stereocenters. The van der Waals surface area contributed by atoms with Crippen molar-refractivity contribution in [3.05, 3.63) is 29.8 Å². The first kappa shape index (κ1) is 11.1. The van der Waals surface area contributed by atoms with Gasteiger partial charge >= 0.3 is 0 Å². The van der Waals surface area contributed by atoms with Crippen LogP contribution in [0.2, 0.25) is 0 Å². The Bertz CT molecular complexity index is 370. The smallest absolute Gasteiger partial charge is 0.119 e. The molecular formula is C15H21NO. The van der Waals surface area contributed by atoms with Gasteiger partial charge in [-0.1, -0.05) is 17.7 Å². The lowest BCUT2D eigenvalue weighted by Gasteiger charge is -2.47. The molecule has 0 bridgehead atoms. The van der Waals surface area contributed by atoms with Crippen molar-refractivity contribution in [1.82, 2.24) is 5.32 Å². The van der Waals surface area contributed by atoms with Crippen molar-refractivity contribution in [2.24, 2.45) is 5.41 Å². The first-order valence-corrected chi connectivity index (χ1v) is 6.70. The van der Waals surface area contributed by atoms with E-state index >= 15 is 0 Å². The van der Waals surface area contributed by atoms with Crippen LogP contribution in [0.15, 0.2) is 24.3 Å². The Labute approximate surface area is 103 Å². The summed E-state index contributed by atoms with van der Waals surface area (Å²) in [7, 11) is 0. The van der Waals surface area contributed by atoms with Crippen LogP contribution < -0.4 is 10.1 Å². The van der Waals surface area contributed by atoms with Gasteiger partial charge < -0.3 is 10.1 Å². The number of benzene rings is 1. The molecule has 1 N–H and O–H groups in total. The molecule has 2 aliphatic rings. The molecule has 1 aliphatic heterocycles. The summed E-state index contributed by atoms with van der Waals surface area (Å²) < 4.78 is 6.05. The summed E-state index contributed by atoms with van der Waals surface area (Å²) in [6.45, 7) is 4.56. The van der Waals surface area contributed by atoms with Gasteiger partial charge in [0, 0.05) is 13.1 Å². The Hall–Kier alpha value is -1.02. The topological polar surface area (TPSA) is 21.3 Å². The Morgan fingerprint density at radius 1 is 1.12 bits per heavy atom. The lowest BCUT2D eigenvalue weighted by atomic mass is 9.69. The zero-order valence-electron chi connectivity index (χ0n) is 10.5. The fraction of sp³-hybridized carbons (Fsp3) is 0.600. The van der Waals surface area contributed by atoms with Crippen LogP contribution in [-0.4, -0.2) is 19.2 Å². The molecule has 2 heteroatoms. The van der Waals surface area contributed by atoms with Gasteiger partial charge in [0.2, 0.25) is 0 Å². The van der Waals surface area contributed by atoms with Gasteiger partial charge in [-0.05, 0) is 50.2 Å². The second-order valence-corrected chi connectivity index (χ2v) is 5.73. The van der Waals surface area contributed by atoms with E-state index in [1.807, 2.05) is 0 Å². The third-order valence-electron chi connectivity index (χ3n) is 4.32. The fourth-order valence-corrected chi connectivity index (χ4v) is 2.96. The van der Waals surface area contributed by atoms with Crippen LogP contribution in [0.1, 0.15) is 31.2 Å². The molecular weight excluding hydrogens is 210 g/mol. The van der Waals surface area contributed by atoms with Gasteiger partial charge in [0.1, 0.15) is 5.75 Å². The third kappa shape index (κ3) is 2.32. The highest BCUT2D eigenvalue weighted by Crippen LogP contribution is 2.40. The summed E-state index contributed by atoms with van der Waals surface area (Å²) >= 11 is 0. The lowest BCUT2D eigenvalue weighted by Crippen LogP contribution is -2.55. The highest BCUT2D eigenvalue weighted by Gasteiger charge is 2.40. The molecule has 17 heavy (non-hydrogen) atoms. The molecule has 1 saturated heterocycles. The maximum atomic E-state index is 6.05. The van der Waals surface area contributed by atoms with Gasteiger partial charge in [0.15, 0.2) is 0 Å². The molecule has 3 rings (SSSR count). The third-order valence-corrected chi connectivity index (χ3v) is 4.32. The maximum absolute atomic E-state index is 6.05. The van der Waals surface area contributed by atoms with Crippen molar-refractivity contribution in [1.29, 1.82) is 0 Å². The summed E-state index contributed by atoms with van der Waals surface area (Å²) in [4.78, 5) is 0. The molecule has 0 amide bonds. The van der Waals surface area contributed by atoms with Crippen LogP contribution >= 0.6 is 0 Å². The van der Waals surface area contributed by atoms with E-state index in [1.54, 1.807) is 0 Å². The van der Waals surface area contributed by atoms with Crippen molar-refractivity contribution in [2.75, 3.05) is 13.1 Å². The van der Waals surface area contributed by atoms with Crippen LogP contribution in [0.5, 0.6) is 5.75 Å². The number of hydrogen-bond donors (Lipinski definition) is 1. The van der Waals surface area contributed by atoms with Crippen LogP contribution in [0.3, 0.4) is 0 Å². The molecule has 0 atom stereocenters. The second kappa shape index (κ2) is 4.34. The molecule has 92 valence electrons. The molecule has 1 heterocycles. The monoisotopic (exact) mass is 231 g/mol. The number of nitrogens with one attached hydrogen (secondary N) is 1. The van der Waals surface area contributed by atoms with E-state index in [-0.39, 0.29) is 0 Å². The van der Waals surface area contributed by atoms with E-state index in [1.165, 1.54) is 44.3 Å². The number of aryl methyl sites for hydroxylation is 1. The molecule has 0 aromatic heterocycles. The summed E-state index contributed by atoms with van der Waals surface area (Å²) in [6, 6.07) is 8.42. The van der Waals surface area contributed by atoms with E-state index in [0.717, 1.165) is 5.75 Å². The summed E-state index contributed by atoms with van der Waals surface area (Å²) in [5.74, 6) is 1.03. The quantitative estimate of drug-likeness (QED) is 0.845. The lowest BCUT2D eigenvalue weighted by molar-refractivity contribution is 0.0421. The molecule has 1 aromatic rings. The fourth-order valence-electron chi connectivity index (χ4n) is 2.96. The van der Waals surface area contributed by atoms with Gasteiger partial charge in [-0.3, -0.25) is 0 Å². The minimum absolute atomic E-state index is 0.434. The molecule has 1 aromatic carbocycles. The van der Waals surface area contributed by atoms with E-state index in [0.29, 0.717) is 11.5 Å². The first-order valence-electron chi connectivity index (χ1n) is 6.70. The largest absolute Gasteiger partial charge is 0.490 e. The minimum Gasteiger partial charge on any atom is -0.490 e. The van der Waals surface area contributed by atoms with Crippen molar-refractivity contribution < 1.29 is 4.74 Å². The van der Waals surface area contributed by atoms with E-state index in [4.69, 9.17) is 4.74 Å². The SMILES string of the molecule is Cc1ccc(OC2CCC3(CC2)CNC3)cc1. The van der Waals surface area contributed by atoms with Gasteiger partial charge in [-0.2, -0.15) is 0 Å². The number of ether oxygens (including phenoxy) is 1. The summed E-state index contributed by atoms with van der Waals surface area (Å²) in [5.41, 5.74) is 1.92. The average Bonchev–Trinajstić information content (AvgIpc) is 2.31. The summed E-state index contributed by atoms with van der Waals surface area (Å²) in [6.07, 6.45) is 5.53. The van der Waals surface area contributed by atoms with Crippen LogP contribution in [-0.2, 0) is 0 Å². The van der Waals surface area contributed by atoms with E-state index in [2.05, 4.69) is 36.5 Å². The van der Waals surface area contributed by atoms with E-state index < -0.39 is 0 Å². The number of hydrogen-bond acceptors (Lipinski definition) is 2. The normalized spacial score (nSPS) is 23.4. The highest BCUT2D eigenvalue weighted by atomic mass is 16.5. The van der Waals surface area contributed by atoms with Crippen LogP contribution in [0, 0.1) is 12.3 Å². The van der Waals surface area contributed by atoms with Gasteiger partial charge in [0.25, 0.3) is 0 Å². The van der Waals surface area contributed by atoms with Crippen molar-refractivity contribution in [3.63, 3.8) is 0 Å².